The van der Waals surface area contributed by atoms with Gasteiger partial charge in [0.25, 0.3) is 11.8 Å². The van der Waals surface area contributed by atoms with Crippen LogP contribution in [0.3, 0.4) is 0 Å². The van der Waals surface area contributed by atoms with Crippen molar-refractivity contribution in [2.45, 2.75) is 45.3 Å². The minimum absolute atomic E-state index is 0.0664. The molecule has 4 N–H and O–H groups in total. The smallest absolute Gasteiger partial charge is 0.407 e. The lowest BCUT2D eigenvalue weighted by Crippen LogP contribution is -2.49. The number of primary amides is 1. The Kier molecular flexibility index (Phi) is 8.25. The molecule has 13 nitrogen and oxygen atoms in total. The predicted molar refractivity (Wildman–Crippen MR) is 139 cm³/mol. The zero-order valence-electron chi connectivity index (χ0n) is 21.9. The molecule has 1 aromatic heterocycles. The van der Waals surface area contributed by atoms with Crippen molar-refractivity contribution in [1.29, 1.82) is 0 Å². The number of aromatic nitrogens is 3. The van der Waals surface area contributed by atoms with Crippen molar-refractivity contribution in [3.63, 3.8) is 0 Å². The van der Waals surface area contributed by atoms with E-state index in [1.54, 1.807) is 29.2 Å². The number of piperidine rings is 1. The maximum atomic E-state index is 12.7. The highest BCUT2D eigenvalue weighted by atomic mass is 16.6. The Labute approximate surface area is 221 Å². The summed E-state index contributed by atoms with van der Waals surface area (Å²) in [6.07, 6.45) is 1.09. The van der Waals surface area contributed by atoms with E-state index in [0.29, 0.717) is 56.6 Å². The van der Waals surface area contributed by atoms with Gasteiger partial charge in [-0.1, -0.05) is 0 Å². The number of nitrogens with one attached hydrogen (secondary N) is 2. The number of hydrogen-bond acceptors (Lipinski definition) is 10. The van der Waals surface area contributed by atoms with Gasteiger partial charge in [0.15, 0.2) is 11.5 Å². The van der Waals surface area contributed by atoms with E-state index >= 15 is 0 Å². The molecule has 38 heavy (non-hydrogen) atoms. The third-order valence-electron chi connectivity index (χ3n) is 6.03. The number of benzene rings is 1. The standard InChI is InChI=1S/C25H34N8O5/c1-25(2,3)38-24(36)28-18-5-4-10-33(15-18)23-29-21(19(20(26)34)30-31-23)27-17-8-6-16(7-9-17)22(35)32-11-13-37-14-12-32/h6-9,18H,4-5,10-15H2,1-3H3,(H2,26,34)(H,28,36)(H,27,29,31). The van der Waals surface area contributed by atoms with E-state index in [2.05, 4.69) is 25.8 Å². The fraction of sp³-hybridized carbons (Fsp3) is 0.520. The molecule has 3 amide bonds. The molecule has 4 rings (SSSR count). The van der Waals surface area contributed by atoms with Gasteiger partial charge in [0.2, 0.25) is 5.95 Å². The van der Waals surface area contributed by atoms with Gasteiger partial charge in [-0.2, -0.15) is 4.98 Å². The molecule has 0 aliphatic carbocycles. The first-order chi connectivity index (χ1) is 18.1. The number of morpholine rings is 1. The van der Waals surface area contributed by atoms with E-state index in [-0.39, 0.29) is 23.5 Å². The molecule has 2 saturated heterocycles. The Hall–Kier alpha value is -4.00. The van der Waals surface area contributed by atoms with Gasteiger partial charge in [0.05, 0.1) is 13.2 Å². The van der Waals surface area contributed by atoms with Crippen LogP contribution in [0.15, 0.2) is 24.3 Å². The molecular weight excluding hydrogens is 492 g/mol. The minimum Gasteiger partial charge on any atom is -0.444 e. The zero-order valence-corrected chi connectivity index (χ0v) is 21.9. The van der Waals surface area contributed by atoms with Crippen molar-refractivity contribution >= 4 is 35.4 Å². The van der Waals surface area contributed by atoms with Gasteiger partial charge in [-0.3, -0.25) is 9.59 Å². The molecule has 1 atom stereocenters. The summed E-state index contributed by atoms with van der Waals surface area (Å²) in [6.45, 7) is 8.70. The largest absolute Gasteiger partial charge is 0.444 e. The van der Waals surface area contributed by atoms with Crippen molar-refractivity contribution in [2.24, 2.45) is 5.73 Å². The Morgan fingerprint density at radius 1 is 1.08 bits per heavy atom. The Balaban J connectivity index is 1.46. The molecule has 0 bridgehead atoms. The van der Waals surface area contributed by atoms with Crippen molar-refractivity contribution in [3.05, 3.63) is 35.5 Å². The second-order valence-electron chi connectivity index (χ2n) is 10.2. The van der Waals surface area contributed by atoms with Crippen LogP contribution in [0.1, 0.15) is 54.5 Å². The summed E-state index contributed by atoms with van der Waals surface area (Å²) in [5, 5.41) is 14.1. The van der Waals surface area contributed by atoms with E-state index in [1.165, 1.54) is 0 Å². The van der Waals surface area contributed by atoms with Gasteiger partial charge in [-0.15, -0.1) is 10.2 Å². The lowest BCUT2D eigenvalue weighted by molar-refractivity contribution is 0.0303. The quantitative estimate of drug-likeness (QED) is 0.504. The summed E-state index contributed by atoms with van der Waals surface area (Å²) in [4.78, 5) is 45.1. The fourth-order valence-electron chi connectivity index (χ4n) is 4.24. The first kappa shape index (κ1) is 27.0. The molecule has 13 heteroatoms. The van der Waals surface area contributed by atoms with Gasteiger partial charge in [-0.05, 0) is 57.9 Å². The van der Waals surface area contributed by atoms with Crippen LogP contribution in [0.5, 0.6) is 0 Å². The van der Waals surface area contributed by atoms with Crippen LogP contribution in [-0.4, -0.2) is 89.0 Å². The molecule has 0 radical (unpaired) electrons. The van der Waals surface area contributed by atoms with E-state index in [1.807, 2.05) is 25.7 Å². The highest BCUT2D eigenvalue weighted by molar-refractivity contribution is 5.97. The fourth-order valence-corrected chi connectivity index (χ4v) is 4.24. The van der Waals surface area contributed by atoms with Crippen molar-refractivity contribution in [1.82, 2.24) is 25.4 Å². The summed E-state index contributed by atoms with van der Waals surface area (Å²) < 4.78 is 10.7. The Morgan fingerprint density at radius 3 is 2.45 bits per heavy atom. The molecule has 0 spiro atoms. The second-order valence-corrected chi connectivity index (χ2v) is 10.2. The minimum atomic E-state index is -0.777. The maximum Gasteiger partial charge on any atom is 0.407 e. The van der Waals surface area contributed by atoms with Gasteiger partial charge in [0, 0.05) is 43.5 Å². The number of nitrogens with two attached hydrogens (primary N) is 1. The SMILES string of the molecule is CC(C)(C)OC(=O)NC1CCCN(c2nnc(C(N)=O)c(Nc3ccc(C(=O)N4CCOCC4)cc3)n2)C1. The van der Waals surface area contributed by atoms with Gasteiger partial charge >= 0.3 is 6.09 Å². The lowest BCUT2D eigenvalue weighted by atomic mass is 10.1. The number of carbonyl (C=O) groups is 3. The van der Waals surface area contributed by atoms with Crippen molar-refractivity contribution in [3.8, 4) is 0 Å². The van der Waals surface area contributed by atoms with Crippen LogP contribution >= 0.6 is 0 Å². The number of nitrogens with zero attached hydrogens (tertiary/aromatic N) is 5. The van der Waals surface area contributed by atoms with Crippen LogP contribution in [0.4, 0.5) is 22.2 Å². The molecule has 1 unspecified atom stereocenters. The number of amides is 3. The monoisotopic (exact) mass is 526 g/mol. The Morgan fingerprint density at radius 2 is 1.79 bits per heavy atom. The lowest BCUT2D eigenvalue weighted by Gasteiger charge is -2.33. The number of anilines is 3. The molecule has 2 aliphatic heterocycles. The molecule has 0 saturated carbocycles. The van der Waals surface area contributed by atoms with Crippen LogP contribution in [0.2, 0.25) is 0 Å². The summed E-state index contributed by atoms with van der Waals surface area (Å²) in [5.74, 6) is -0.395. The highest BCUT2D eigenvalue weighted by Crippen LogP contribution is 2.23. The normalized spacial score (nSPS) is 18.0. The summed E-state index contributed by atoms with van der Waals surface area (Å²) in [6, 6.07) is 6.70. The maximum absolute atomic E-state index is 12.7. The van der Waals surface area contributed by atoms with Crippen molar-refractivity contribution in [2.75, 3.05) is 49.6 Å². The third-order valence-corrected chi connectivity index (χ3v) is 6.03. The van der Waals surface area contributed by atoms with Crippen LogP contribution < -0.4 is 21.3 Å². The van der Waals surface area contributed by atoms with E-state index in [9.17, 15) is 14.4 Å². The van der Waals surface area contributed by atoms with Crippen LogP contribution in [-0.2, 0) is 9.47 Å². The van der Waals surface area contributed by atoms with Crippen molar-refractivity contribution < 1.29 is 23.9 Å². The molecule has 3 heterocycles. The Bertz CT molecular complexity index is 1160. The van der Waals surface area contributed by atoms with Gasteiger partial charge in [-0.25, -0.2) is 4.79 Å². The van der Waals surface area contributed by atoms with Gasteiger partial charge in [0.1, 0.15) is 5.60 Å². The molecule has 2 aromatic rings. The number of hydrogen-bond donors (Lipinski definition) is 3. The third kappa shape index (κ3) is 7.06. The molecule has 2 aliphatic rings. The van der Waals surface area contributed by atoms with E-state index < -0.39 is 17.6 Å². The topological polar surface area (TPSA) is 165 Å². The molecule has 204 valence electrons. The van der Waals surface area contributed by atoms with E-state index in [0.717, 1.165) is 12.8 Å². The predicted octanol–water partition coefficient (Wildman–Crippen LogP) is 1.68. The molecule has 2 fully saturated rings. The van der Waals surface area contributed by atoms with Crippen LogP contribution in [0, 0.1) is 0 Å². The highest BCUT2D eigenvalue weighted by Gasteiger charge is 2.27. The first-order valence-corrected chi connectivity index (χ1v) is 12.6. The number of rotatable bonds is 6. The van der Waals surface area contributed by atoms with Gasteiger partial charge < -0.3 is 35.6 Å². The van der Waals surface area contributed by atoms with Crippen LogP contribution in [0.25, 0.3) is 0 Å². The molecular formula is C25H34N8O5. The number of ether oxygens (including phenoxy) is 2. The average molecular weight is 527 g/mol. The van der Waals surface area contributed by atoms with E-state index in [4.69, 9.17) is 15.2 Å². The summed E-state index contributed by atoms with van der Waals surface area (Å²) >= 11 is 0. The number of alkyl carbamates (subject to hydrolysis) is 1. The second kappa shape index (κ2) is 11.6. The average Bonchev–Trinajstić information content (AvgIpc) is 2.88. The number of carbonyl (C=O) groups excluding carboxylic acids is 3. The summed E-state index contributed by atoms with van der Waals surface area (Å²) in [7, 11) is 0. The first-order valence-electron chi connectivity index (χ1n) is 12.6. The summed E-state index contributed by atoms with van der Waals surface area (Å²) in [5.41, 5.74) is 5.96. The molecule has 1 aromatic carbocycles. The zero-order chi connectivity index (χ0) is 27.3.